The Morgan fingerprint density at radius 2 is 1.90 bits per heavy atom. The van der Waals surface area contributed by atoms with Crippen LogP contribution in [0.2, 0.25) is 0 Å². The minimum atomic E-state index is -0.583. The van der Waals surface area contributed by atoms with Gasteiger partial charge in [0.25, 0.3) is 5.91 Å². The second kappa shape index (κ2) is 10.4. The topological polar surface area (TPSA) is 104 Å². The van der Waals surface area contributed by atoms with Crippen LogP contribution in [0, 0.1) is 13.8 Å². The lowest BCUT2D eigenvalue weighted by molar-refractivity contribution is -0.147. The molecule has 8 nitrogen and oxygen atoms in total. The van der Waals surface area contributed by atoms with Crippen LogP contribution in [0.25, 0.3) is 0 Å². The smallest absolute Gasteiger partial charge is 0.341 e. The molecule has 0 spiro atoms. The van der Waals surface area contributed by atoms with Crippen LogP contribution in [-0.4, -0.2) is 35.6 Å². The number of esters is 2. The van der Waals surface area contributed by atoms with E-state index >= 15 is 0 Å². The first-order chi connectivity index (χ1) is 13.8. The van der Waals surface area contributed by atoms with Gasteiger partial charge in [0.2, 0.25) is 0 Å². The average molecular weight is 441 g/mol. The van der Waals surface area contributed by atoms with Crippen molar-refractivity contribution in [1.29, 1.82) is 0 Å². The molecule has 0 bridgehead atoms. The van der Waals surface area contributed by atoms with Gasteiger partial charge in [-0.05, 0) is 32.8 Å². The van der Waals surface area contributed by atoms with E-state index in [9.17, 15) is 19.2 Å². The lowest BCUT2D eigenvalue weighted by atomic mass is 10.1. The third-order valence-corrected chi connectivity index (χ3v) is 6.12. The zero-order valence-corrected chi connectivity index (χ0v) is 18.5. The molecular formula is C19H24N2O6S2. The largest absolute Gasteiger partial charge is 0.462 e. The molecule has 0 aromatic carbocycles. The lowest BCUT2D eigenvalue weighted by Crippen LogP contribution is -2.23. The molecule has 0 saturated heterocycles. The van der Waals surface area contributed by atoms with Crippen molar-refractivity contribution >= 4 is 45.5 Å². The number of aromatic nitrogens is 1. The molecule has 10 heteroatoms. The van der Waals surface area contributed by atoms with Crippen molar-refractivity contribution in [2.45, 2.75) is 47.1 Å². The second-order valence-corrected chi connectivity index (χ2v) is 8.21. The third-order valence-electron chi connectivity index (χ3n) is 4.18. The SMILES string of the molecule is CCOC(=O)c1c(NC(=O)COC(=O)CCn2c(C)csc2=O)sc(C)c1CC. The molecule has 0 atom stereocenters. The van der Waals surface area contributed by atoms with Crippen LogP contribution >= 0.6 is 22.7 Å². The highest BCUT2D eigenvalue weighted by molar-refractivity contribution is 7.16. The van der Waals surface area contributed by atoms with Crippen molar-refractivity contribution < 1.29 is 23.9 Å². The number of aryl methyl sites for hydroxylation is 2. The molecular weight excluding hydrogens is 416 g/mol. The number of carbonyl (C=O) groups excluding carboxylic acids is 3. The summed E-state index contributed by atoms with van der Waals surface area (Å²) in [5.41, 5.74) is 1.96. The molecule has 0 saturated carbocycles. The highest BCUT2D eigenvalue weighted by Crippen LogP contribution is 2.34. The molecule has 2 rings (SSSR count). The third kappa shape index (κ3) is 5.77. The fraction of sp³-hybridized carbons (Fsp3) is 0.474. The van der Waals surface area contributed by atoms with Crippen LogP contribution in [-0.2, 0) is 32.0 Å². The molecule has 29 heavy (non-hydrogen) atoms. The molecule has 2 heterocycles. The quantitative estimate of drug-likeness (QED) is 0.602. The number of amides is 1. The van der Waals surface area contributed by atoms with Crippen molar-refractivity contribution in [3.05, 3.63) is 36.7 Å². The minimum Gasteiger partial charge on any atom is -0.462 e. The van der Waals surface area contributed by atoms with Gasteiger partial charge in [0.05, 0.1) is 18.6 Å². The van der Waals surface area contributed by atoms with Gasteiger partial charge in [-0.1, -0.05) is 18.3 Å². The maximum Gasteiger partial charge on any atom is 0.341 e. The van der Waals surface area contributed by atoms with E-state index in [1.54, 1.807) is 19.2 Å². The summed E-state index contributed by atoms with van der Waals surface area (Å²) in [6, 6.07) is 0. The van der Waals surface area contributed by atoms with E-state index in [0.29, 0.717) is 17.0 Å². The zero-order chi connectivity index (χ0) is 21.6. The molecule has 2 aromatic rings. The Morgan fingerprint density at radius 1 is 1.17 bits per heavy atom. The Kier molecular flexibility index (Phi) is 8.15. The van der Waals surface area contributed by atoms with Gasteiger partial charge in [-0.25, -0.2) is 4.79 Å². The first-order valence-electron chi connectivity index (χ1n) is 9.18. The standard InChI is InChI=1S/C19H24N2O6S2/c1-5-13-12(4)29-17(16(13)18(24)26-6-2)20-14(22)9-27-15(23)7-8-21-11(3)10-28-19(21)25/h10H,5-9H2,1-4H3,(H,20,22). The van der Waals surface area contributed by atoms with E-state index in [-0.39, 0.29) is 24.4 Å². The highest BCUT2D eigenvalue weighted by Gasteiger charge is 2.23. The van der Waals surface area contributed by atoms with Crippen LogP contribution in [0.1, 0.15) is 46.8 Å². The van der Waals surface area contributed by atoms with E-state index in [2.05, 4.69) is 5.32 Å². The van der Waals surface area contributed by atoms with E-state index < -0.39 is 24.5 Å². The summed E-state index contributed by atoms with van der Waals surface area (Å²) in [6.07, 6.45) is 0.611. The fourth-order valence-corrected chi connectivity index (χ4v) is 4.68. The van der Waals surface area contributed by atoms with Gasteiger partial charge in [0, 0.05) is 22.5 Å². The minimum absolute atomic E-state index is 0.0169. The molecule has 0 fully saturated rings. The van der Waals surface area contributed by atoms with Gasteiger partial charge in [-0.3, -0.25) is 14.4 Å². The molecule has 1 N–H and O–H groups in total. The Morgan fingerprint density at radius 3 is 2.48 bits per heavy atom. The normalized spacial score (nSPS) is 10.6. The molecule has 1 amide bonds. The zero-order valence-electron chi connectivity index (χ0n) is 16.8. The molecule has 2 aromatic heterocycles. The Bertz CT molecular complexity index is 957. The summed E-state index contributed by atoms with van der Waals surface area (Å²) in [4.78, 5) is 48.8. The Balaban J connectivity index is 1.94. The van der Waals surface area contributed by atoms with Gasteiger partial charge >= 0.3 is 16.8 Å². The average Bonchev–Trinajstić information content (AvgIpc) is 3.16. The molecule has 0 aliphatic rings. The number of thiophene rings is 1. The van der Waals surface area contributed by atoms with Gasteiger partial charge < -0.3 is 19.4 Å². The molecule has 0 aliphatic carbocycles. The first kappa shape index (κ1) is 22.8. The summed E-state index contributed by atoms with van der Waals surface area (Å²) < 4.78 is 11.6. The van der Waals surface area contributed by atoms with Crippen LogP contribution in [0.15, 0.2) is 10.2 Å². The van der Waals surface area contributed by atoms with Crippen molar-refractivity contribution in [2.75, 3.05) is 18.5 Å². The lowest BCUT2D eigenvalue weighted by Gasteiger charge is -2.09. The van der Waals surface area contributed by atoms with E-state index in [1.165, 1.54) is 15.9 Å². The van der Waals surface area contributed by atoms with Gasteiger partial charge in [0.1, 0.15) is 5.00 Å². The first-order valence-corrected chi connectivity index (χ1v) is 10.9. The highest BCUT2D eigenvalue weighted by atomic mass is 32.1. The monoisotopic (exact) mass is 440 g/mol. The number of hydrogen-bond donors (Lipinski definition) is 1. The molecule has 158 valence electrons. The van der Waals surface area contributed by atoms with Crippen LogP contribution in [0.4, 0.5) is 5.00 Å². The number of hydrogen-bond acceptors (Lipinski definition) is 8. The summed E-state index contributed by atoms with van der Waals surface area (Å²) >= 11 is 2.35. The van der Waals surface area contributed by atoms with Crippen LogP contribution < -0.4 is 10.2 Å². The summed E-state index contributed by atoms with van der Waals surface area (Å²) in [7, 11) is 0. The van der Waals surface area contributed by atoms with E-state index in [0.717, 1.165) is 27.5 Å². The maximum atomic E-state index is 12.3. The predicted octanol–water partition coefficient (Wildman–Crippen LogP) is 2.90. The number of anilines is 1. The van der Waals surface area contributed by atoms with Crippen molar-refractivity contribution in [3.8, 4) is 0 Å². The summed E-state index contributed by atoms with van der Waals surface area (Å²) in [5, 5.41) is 4.74. The predicted molar refractivity (Wildman–Crippen MR) is 112 cm³/mol. The van der Waals surface area contributed by atoms with Crippen molar-refractivity contribution in [1.82, 2.24) is 4.57 Å². The van der Waals surface area contributed by atoms with Gasteiger partial charge in [0.15, 0.2) is 6.61 Å². The second-order valence-electron chi connectivity index (χ2n) is 6.17. The van der Waals surface area contributed by atoms with Crippen molar-refractivity contribution in [3.63, 3.8) is 0 Å². The molecule has 0 radical (unpaired) electrons. The molecule has 0 aliphatic heterocycles. The Labute approximate surface area is 176 Å². The number of ether oxygens (including phenoxy) is 2. The van der Waals surface area contributed by atoms with Gasteiger partial charge in [-0.2, -0.15) is 0 Å². The number of carbonyl (C=O) groups is 3. The van der Waals surface area contributed by atoms with Crippen LogP contribution in [0.3, 0.4) is 0 Å². The summed E-state index contributed by atoms with van der Waals surface area (Å²) in [6.45, 7) is 7.25. The van der Waals surface area contributed by atoms with Crippen LogP contribution in [0.5, 0.6) is 0 Å². The van der Waals surface area contributed by atoms with Gasteiger partial charge in [-0.15, -0.1) is 11.3 Å². The number of nitrogens with one attached hydrogen (secondary N) is 1. The molecule has 0 unspecified atom stereocenters. The van der Waals surface area contributed by atoms with E-state index in [1.807, 2.05) is 13.8 Å². The number of rotatable bonds is 9. The number of thiazole rings is 1. The summed E-state index contributed by atoms with van der Waals surface area (Å²) in [5.74, 6) is -1.62. The fourth-order valence-electron chi connectivity index (χ4n) is 2.77. The Hall–Kier alpha value is -2.46. The van der Waals surface area contributed by atoms with Crippen molar-refractivity contribution in [2.24, 2.45) is 0 Å². The number of nitrogens with zero attached hydrogens (tertiary/aromatic N) is 1. The van der Waals surface area contributed by atoms with E-state index in [4.69, 9.17) is 9.47 Å². The maximum absolute atomic E-state index is 12.3.